The van der Waals surface area contributed by atoms with E-state index in [1.807, 2.05) is 25.1 Å². The molecule has 1 unspecified atom stereocenters. The van der Waals surface area contributed by atoms with Crippen molar-refractivity contribution in [2.45, 2.75) is 17.1 Å². The number of nitrogens with zero attached hydrogens (tertiary/aromatic N) is 2. The summed E-state index contributed by atoms with van der Waals surface area (Å²) in [7, 11) is -3.80. The summed E-state index contributed by atoms with van der Waals surface area (Å²) in [4.78, 5) is 12.1. The Morgan fingerprint density at radius 1 is 0.939 bits per heavy atom. The van der Waals surface area contributed by atoms with Crippen molar-refractivity contribution in [1.82, 2.24) is 15.0 Å². The third kappa shape index (κ3) is 3.87. The average Bonchev–Trinajstić information content (AvgIpc) is 3.23. The van der Waals surface area contributed by atoms with Crippen LogP contribution in [0.15, 0.2) is 96.4 Å². The second-order valence-corrected chi connectivity index (χ2v) is 10.0. The number of aryl methyl sites for hydroxylation is 1. The highest BCUT2D eigenvalue weighted by atomic mass is 32.2. The quantitative estimate of drug-likeness (QED) is 0.361. The summed E-state index contributed by atoms with van der Waals surface area (Å²) in [6, 6.07) is 19.7. The van der Waals surface area contributed by atoms with Crippen LogP contribution in [0, 0.1) is 6.92 Å². The molecule has 5 rings (SSSR count). The summed E-state index contributed by atoms with van der Waals surface area (Å²) >= 11 is 0. The van der Waals surface area contributed by atoms with Crippen LogP contribution in [0.2, 0.25) is 0 Å². The van der Waals surface area contributed by atoms with Crippen molar-refractivity contribution in [1.29, 1.82) is 0 Å². The Morgan fingerprint density at radius 2 is 1.76 bits per heavy atom. The number of nitrogens with two attached hydrogens (primary N) is 1. The van der Waals surface area contributed by atoms with E-state index < -0.39 is 15.1 Å². The number of pyridine rings is 2. The lowest BCUT2D eigenvalue weighted by molar-refractivity contribution is 0.589. The van der Waals surface area contributed by atoms with E-state index in [1.54, 1.807) is 73.3 Å². The zero-order valence-corrected chi connectivity index (χ0v) is 18.8. The maximum atomic E-state index is 14.0. The lowest BCUT2D eigenvalue weighted by Crippen LogP contribution is -2.15. The molecule has 0 saturated heterocycles. The van der Waals surface area contributed by atoms with Crippen molar-refractivity contribution in [2.75, 3.05) is 5.73 Å². The molecule has 3 N–H and O–H groups in total. The molecule has 5 aromatic rings. The monoisotopic (exact) mass is 454 g/mol. The summed E-state index contributed by atoms with van der Waals surface area (Å²) in [6.45, 7) is 1.93. The molecule has 164 valence electrons. The van der Waals surface area contributed by atoms with E-state index >= 15 is 0 Å². The van der Waals surface area contributed by atoms with Crippen LogP contribution in [-0.2, 0) is 9.84 Å². The number of H-pyrrole nitrogens is 1. The van der Waals surface area contributed by atoms with E-state index in [4.69, 9.17) is 5.73 Å². The van der Waals surface area contributed by atoms with Gasteiger partial charge in [-0.3, -0.25) is 4.98 Å². The van der Waals surface area contributed by atoms with Crippen LogP contribution in [0.3, 0.4) is 0 Å². The number of benzene rings is 2. The highest BCUT2D eigenvalue weighted by molar-refractivity contribution is 7.92. The van der Waals surface area contributed by atoms with Crippen molar-refractivity contribution in [2.24, 2.45) is 0 Å². The van der Waals surface area contributed by atoms with Gasteiger partial charge in [-0.25, -0.2) is 13.4 Å². The van der Waals surface area contributed by atoms with Crippen molar-refractivity contribution < 1.29 is 8.42 Å². The predicted molar refractivity (Wildman–Crippen MR) is 130 cm³/mol. The first-order valence-corrected chi connectivity index (χ1v) is 12.0. The maximum Gasteiger partial charge on any atom is 0.189 e. The van der Waals surface area contributed by atoms with E-state index in [2.05, 4.69) is 15.0 Å². The minimum absolute atomic E-state index is 0.256. The number of rotatable bonds is 5. The Morgan fingerprint density at radius 3 is 2.48 bits per heavy atom. The fourth-order valence-electron chi connectivity index (χ4n) is 4.04. The number of aromatic nitrogens is 3. The van der Waals surface area contributed by atoms with Gasteiger partial charge in [0.05, 0.1) is 4.90 Å². The number of fused-ring (bicyclic) bond motifs is 1. The second-order valence-electron chi connectivity index (χ2n) is 8.01. The van der Waals surface area contributed by atoms with Gasteiger partial charge in [-0.05, 0) is 48.9 Å². The van der Waals surface area contributed by atoms with Gasteiger partial charge < -0.3 is 10.7 Å². The van der Waals surface area contributed by atoms with Gasteiger partial charge in [0.1, 0.15) is 10.9 Å². The first-order valence-electron chi connectivity index (χ1n) is 10.5. The molecule has 0 radical (unpaired) electrons. The van der Waals surface area contributed by atoms with Crippen molar-refractivity contribution in [3.05, 3.63) is 108 Å². The molecule has 2 aromatic carbocycles. The lowest BCUT2D eigenvalue weighted by Gasteiger charge is -2.19. The zero-order chi connectivity index (χ0) is 23.0. The lowest BCUT2D eigenvalue weighted by atomic mass is 10.0. The van der Waals surface area contributed by atoms with E-state index in [1.165, 1.54) is 0 Å². The third-order valence-electron chi connectivity index (χ3n) is 5.71. The SMILES string of the molecule is Cc1ccc(S(=O)(=O)C(c2cccc(N)c2)c2c[nH]c3ncc(-c4cccnc4)cc23)cc1. The predicted octanol–water partition coefficient (Wildman–Crippen LogP) is 5.08. The smallest absolute Gasteiger partial charge is 0.189 e. The van der Waals surface area contributed by atoms with Gasteiger partial charge in [-0.15, -0.1) is 0 Å². The molecule has 0 saturated carbocycles. The Hall–Kier alpha value is -3.97. The standard InChI is InChI=1S/C26H22N4O2S/c1-17-7-9-22(10-8-17)33(31,32)25(18-4-2-6-21(27)12-18)24-16-30-26-23(24)13-20(15-29-26)19-5-3-11-28-14-19/h2-16,25H,27H2,1H3,(H,29,30). The fraction of sp³-hybridized carbons (Fsp3) is 0.0769. The van der Waals surface area contributed by atoms with Crippen LogP contribution in [-0.4, -0.2) is 23.4 Å². The van der Waals surface area contributed by atoms with Gasteiger partial charge in [0.25, 0.3) is 0 Å². The van der Waals surface area contributed by atoms with Gasteiger partial charge in [-0.1, -0.05) is 35.9 Å². The molecule has 1 atom stereocenters. The van der Waals surface area contributed by atoms with Crippen LogP contribution in [0.5, 0.6) is 0 Å². The average molecular weight is 455 g/mol. The summed E-state index contributed by atoms with van der Waals surface area (Å²) in [5.74, 6) is 0. The highest BCUT2D eigenvalue weighted by Crippen LogP contribution is 2.39. The maximum absolute atomic E-state index is 14.0. The Labute approximate surface area is 192 Å². The molecule has 7 heteroatoms. The number of hydrogen-bond donors (Lipinski definition) is 2. The van der Waals surface area contributed by atoms with Crippen molar-refractivity contribution >= 4 is 26.6 Å². The van der Waals surface area contributed by atoms with Crippen LogP contribution in [0.25, 0.3) is 22.2 Å². The first-order chi connectivity index (χ1) is 15.9. The van der Waals surface area contributed by atoms with Gasteiger partial charge in [-0.2, -0.15) is 0 Å². The first kappa shape index (κ1) is 20.9. The van der Waals surface area contributed by atoms with Crippen LogP contribution in [0.1, 0.15) is 21.9 Å². The van der Waals surface area contributed by atoms with E-state index in [0.717, 1.165) is 22.1 Å². The highest BCUT2D eigenvalue weighted by Gasteiger charge is 2.33. The summed E-state index contributed by atoms with van der Waals surface area (Å²) in [6.07, 6.45) is 6.95. The summed E-state index contributed by atoms with van der Waals surface area (Å²) < 4.78 is 27.9. The molecule has 33 heavy (non-hydrogen) atoms. The van der Waals surface area contributed by atoms with Gasteiger partial charge >= 0.3 is 0 Å². The molecule has 0 amide bonds. The van der Waals surface area contributed by atoms with E-state index in [-0.39, 0.29) is 4.90 Å². The molecule has 0 aliphatic heterocycles. The number of anilines is 1. The van der Waals surface area contributed by atoms with Gasteiger partial charge in [0, 0.05) is 52.6 Å². The Kier molecular flexibility index (Phi) is 5.18. The number of nitrogen functional groups attached to an aromatic ring is 1. The molecule has 0 aliphatic carbocycles. The minimum Gasteiger partial charge on any atom is -0.399 e. The number of sulfone groups is 1. The largest absolute Gasteiger partial charge is 0.399 e. The van der Waals surface area contributed by atoms with Gasteiger partial charge in [0.15, 0.2) is 9.84 Å². The molecule has 6 nitrogen and oxygen atoms in total. The Balaban J connectivity index is 1.74. The van der Waals surface area contributed by atoms with E-state index in [0.29, 0.717) is 22.5 Å². The fourth-order valence-corrected chi connectivity index (χ4v) is 5.87. The molecular weight excluding hydrogens is 432 g/mol. The zero-order valence-electron chi connectivity index (χ0n) is 17.9. The molecule has 3 heterocycles. The molecule has 3 aromatic heterocycles. The molecule has 0 spiro atoms. The Bertz CT molecular complexity index is 1540. The second kappa shape index (κ2) is 8.18. The summed E-state index contributed by atoms with van der Waals surface area (Å²) in [5, 5.41) is -0.220. The molecule has 0 aliphatic rings. The molecular formula is C26H22N4O2S. The number of hydrogen-bond acceptors (Lipinski definition) is 5. The summed E-state index contributed by atoms with van der Waals surface area (Å²) in [5.41, 5.74) is 11.1. The minimum atomic E-state index is -3.80. The molecule has 0 bridgehead atoms. The number of nitrogens with one attached hydrogen (secondary N) is 1. The van der Waals surface area contributed by atoms with Gasteiger partial charge in [0.2, 0.25) is 0 Å². The van der Waals surface area contributed by atoms with Crippen LogP contribution >= 0.6 is 0 Å². The third-order valence-corrected chi connectivity index (χ3v) is 7.79. The van der Waals surface area contributed by atoms with Crippen LogP contribution in [0.4, 0.5) is 5.69 Å². The topological polar surface area (TPSA) is 102 Å². The van der Waals surface area contributed by atoms with Crippen LogP contribution < -0.4 is 5.73 Å². The van der Waals surface area contributed by atoms with Crippen molar-refractivity contribution in [3.8, 4) is 11.1 Å². The normalized spacial score (nSPS) is 12.6. The van der Waals surface area contributed by atoms with Crippen molar-refractivity contribution in [3.63, 3.8) is 0 Å². The number of aromatic amines is 1. The molecule has 0 fully saturated rings. The van der Waals surface area contributed by atoms with E-state index in [9.17, 15) is 8.42 Å².